The van der Waals surface area contributed by atoms with E-state index in [0.717, 1.165) is 0 Å². The van der Waals surface area contributed by atoms with Crippen LogP contribution in [0.25, 0.3) is 16.8 Å². The van der Waals surface area contributed by atoms with Gasteiger partial charge in [-0.15, -0.1) is 0 Å². The van der Waals surface area contributed by atoms with Crippen molar-refractivity contribution < 1.29 is 0 Å². The maximum Gasteiger partial charge on any atom is 0.348 e. The van der Waals surface area contributed by atoms with Crippen LogP contribution in [0.3, 0.4) is 0 Å². The molecule has 1 N–H and O–H groups in total. The Bertz CT molecular complexity index is 668. The first-order valence-electron chi connectivity index (χ1n) is 4.03. The van der Waals surface area contributed by atoms with Gasteiger partial charge < -0.3 is 0 Å². The van der Waals surface area contributed by atoms with E-state index >= 15 is 0 Å². The van der Waals surface area contributed by atoms with Crippen LogP contribution in [0.15, 0.2) is 29.3 Å². The molecule has 0 saturated heterocycles. The average molecular weight is 187 g/mol. The lowest BCUT2D eigenvalue weighted by Gasteiger charge is -1.96. The summed E-state index contributed by atoms with van der Waals surface area (Å²) in [5.74, 6) is 0. The molecule has 0 amide bonds. The van der Waals surface area contributed by atoms with Crippen LogP contribution in [-0.4, -0.2) is 24.6 Å². The van der Waals surface area contributed by atoms with Gasteiger partial charge in [0.05, 0.1) is 11.7 Å². The van der Waals surface area contributed by atoms with E-state index in [1.54, 1.807) is 18.3 Å². The number of nitrogens with zero attached hydrogens (tertiary/aromatic N) is 4. The van der Waals surface area contributed by atoms with Crippen LogP contribution in [0, 0.1) is 0 Å². The van der Waals surface area contributed by atoms with Crippen LogP contribution in [0.4, 0.5) is 0 Å². The van der Waals surface area contributed by atoms with Gasteiger partial charge in [0.15, 0.2) is 11.3 Å². The van der Waals surface area contributed by atoms with Crippen molar-refractivity contribution in [3.63, 3.8) is 0 Å². The molecular weight excluding hydrogens is 182 g/mol. The third-order valence-corrected chi connectivity index (χ3v) is 2.01. The summed E-state index contributed by atoms with van der Waals surface area (Å²) in [4.78, 5) is 19.5. The van der Waals surface area contributed by atoms with Crippen LogP contribution in [0.5, 0.6) is 0 Å². The van der Waals surface area contributed by atoms with Crippen molar-refractivity contribution in [1.29, 1.82) is 0 Å². The van der Waals surface area contributed by atoms with E-state index in [9.17, 15) is 4.79 Å². The van der Waals surface area contributed by atoms with Crippen LogP contribution in [-0.2, 0) is 0 Å². The van der Waals surface area contributed by atoms with E-state index in [2.05, 4.69) is 20.2 Å². The highest BCUT2D eigenvalue weighted by Gasteiger charge is 2.04. The molecule has 0 radical (unpaired) electrons. The normalized spacial score (nSPS) is 11.1. The summed E-state index contributed by atoms with van der Waals surface area (Å²) in [5, 5.41) is 6.16. The lowest BCUT2D eigenvalue weighted by Crippen LogP contribution is -2.10. The van der Waals surface area contributed by atoms with Gasteiger partial charge in [-0.2, -0.15) is 5.10 Å². The second kappa shape index (κ2) is 2.38. The number of hydrogen-bond acceptors (Lipinski definition) is 4. The van der Waals surface area contributed by atoms with E-state index in [0.29, 0.717) is 16.8 Å². The number of rotatable bonds is 0. The SMILES string of the molecule is O=c1[nH]nc2cnc3ncccc3n12. The number of fused-ring (bicyclic) bond motifs is 3. The molecule has 68 valence electrons. The molecule has 0 aliphatic carbocycles. The van der Waals surface area contributed by atoms with Crippen molar-refractivity contribution in [2.45, 2.75) is 0 Å². The monoisotopic (exact) mass is 187 g/mol. The van der Waals surface area contributed by atoms with Gasteiger partial charge in [0.1, 0.15) is 0 Å². The molecule has 0 unspecified atom stereocenters. The number of pyridine rings is 1. The Morgan fingerprint density at radius 3 is 3.21 bits per heavy atom. The van der Waals surface area contributed by atoms with Gasteiger partial charge >= 0.3 is 5.69 Å². The molecule has 0 spiro atoms. The molecule has 0 aromatic carbocycles. The summed E-state index contributed by atoms with van der Waals surface area (Å²) in [6.07, 6.45) is 3.14. The lowest BCUT2D eigenvalue weighted by molar-refractivity contribution is 1.04. The summed E-state index contributed by atoms with van der Waals surface area (Å²) in [6, 6.07) is 3.53. The maximum atomic E-state index is 11.4. The highest BCUT2D eigenvalue weighted by Crippen LogP contribution is 2.06. The van der Waals surface area contributed by atoms with Gasteiger partial charge in [-0.3, -0.25) is 0 Å². The van der Waals surface area contributed by atoms with Gasteiger partial charge in [0.2, 0.25) is 0 Å². The van der Waals surface area contributed by atoms with Crippen LogP contribution >= 0.6 is 0 Å². The molecule has 0 bridgehead atoms. The topological polar surface area (TPSA) is 75.9 Å². The molecule has 6 nitrogen and oxygen atoms in total. The number of hydrogen-bond donors (Lipinski definition) is 1. The molecule has 0 atom stereocenters. The van der Waals surface area contributed by atoms with Crippen molar-refractivity contribution >= 4 is 16.8 Å². The summed E-state index contributed by atoms with van der Waals surface area (Å²) >= 11 is 0. The zero-order valence-corrected chi connectivity index (χ0v) is 7.01. The molecule has 0 aliphatic rings. The molecule has 0 fully saturated rings. The number of aromatic nitrogens is 5. The Hall–Kier alpha value is -2.24. The Morgan fingerprint density at radius 1 is 1.36 bits per heavy atom. The highest BCUT2D eigenvalue weighted by atomic mass is 16.1. The molecule has 3 aromatic rings. The maximum absolute atomic E-state index is 11.4. The predicted octanol–water partition coefficient (Wildman–Crippen LogP) is -0.0342. The summed E-state index contributed by atoms with van der Waals surface area (Å²) < 4.78 is 1.44. The largest absolute Gasteiger partial charge is 0.348 e. The Balaban J connectivity index is 2.72. The van der Waals surface area contributed by atoms with Crippen molar-refractivity contribution in [3.8, 4) is 0 Å². The Kier molecular flexibility index (Phi) is 1.22. The van der Waals surface area contributed by atoms with E-state index in [1.807, 2.05) is 0 Å². The summed E-state index contributed by atoms with van der Waals surface area (Å²) in [5.41, 5.74) is 1.41. The van der Waals surface area contributed by atoms with Gasteiger partial charge in [0, 0.05) is 6.20 Å². The van der Waals surface area contributed by atoms with Gasteiger partial charge in [0.25, 0.3) is 0 Å². The molecule has 3 aromatic heterocycles. The van der Waals surface area contributed by atoms with Crippen molar-refractivity contribution in [1.82, 2.24) is 24.6 Å². The van der Waals surface area contributed by atoms with Crippen LogP contribution < -0.4 is 5.69 Å². The fraction of sp³-hybridized carbons (Fsp3) is 0. The number of aromatic amines is 1. The van der Waals surface area contributed by atoms with Gasteiger partial charge in [-0.1, -0.05) is 0 Å². The second-order valence-corrected chi connectivity index (χ2v) is 2.83. The van der Waals surface area contributed by atoms with E-state index in [1.165, 1.54) is 10.6 Å². The first kappa shape index (κ1) is 7.19. The molecular formula is C8H5N5O. The van der Waals surface area contributed by atoms with Crippen molar-refractivity contribution in [2.75, 3.05) is 0 Å². The smallest absolute Gasteiger partial charge is 0.246 e. The second-order valence-electron chi connectivity index (χ2n) is 2.83. The number of nitrogens with one attached hydrogen (secondary N) is 1. The molecule has 3 heterocycles. The fourth-order valence-corrected chi connectivity index (χ4v) is 1.41. The average Bonchev–Trinajstić information content (AvgIpc) is 2.61. The first-order valence-corrected chi connectivity index (χ1v) is 4.03. The fourth-order valence-electron chi connectivity index (χ4n) is 1.41. The van der Waals surface area contributed by atoms with Gasteiger partial charge in [-0.05, 0) is 12.1 Å². The lowest BCUT2D eigenvalue weighted by atomic mass is 10.4. The van der Waals surface area contributed by atoms with E-state index in [4.69, 9.17) is 0 Å². The minimum Gasteiger partial charge on any atom is -0.246 e. The van der Waals surface area contributed by atoms with Crippen molar-refractivity contribution in [2.24, 2.45) is 0 Å². The van der Waals surface area contributed by atoms with E-state index < -0.39 is 0 Å². The molecule has 3 rings (SSSR count). The zero-order chi connectivity index (χ0) is 9.54. The third kappa shape index (κ3) is 0.792. The third-order valence-electron chi connectivity index (χ3n) is 2.01. The Labute approximate surface area is 77.2 Å². The molecule has 14 heavy (non-hydrogen) atoms. The minimum absolute atomic E-state index is 0.277. The van der Waals surface area contributed by atoms with Crippen LogP contribution in [0.1, 0.15) is 0 Å². The zero-order valence-electron chi connectivity index (χ0n) is 7.01. The summed E-state index contributed by atoms with van der Waals surface area (Å²) in [6.45, 7) is 0. The minimum atomic E-state index is -0.277. The molecule has 0 saturated carbocycles. The molecule has 0 aliphatic heterocycles. The van der Waals surface area contributed by atoms with Crippen LogP contribution in [0.2, 0.25) is 0 Å². The molecule has 6 heteroatoms. The standard InChI is InChI=1S/C8H5N5O/c14-8-12-11-6-4-10-7-5(13(6)8)2-1-3-9-7/h1-4H,(H,12,14). The highest BCUT2D eigenvalue weighted by molar-refractivity contribution is 5.72. The predicted molar refractivity (Wildman–Crippen MR) is 48.9 cm³/mol. The van der Waals surface area contributed by atoms with E-state index in [-0.39, 0.29) is 5.69 Å². The Morgan fingerprint density at radius 2 is 2.29 bits per heavy atom. The quantitative estimate of drug-likeness (QED) is 0.536. The summed E-state index contributed by atoms with van der Waals surface area (Å²) in [7, 11) is 0. The number of H-pyrrole nitrogens is 1. The first-order chi connectivity index (χ1) is 6.86. The van der Waals surface area contributed by atoms with Crippen molar-refractivity contribution in [3.05, 3.63) is 35.0 Å². The van der Waals surface area contributed by atoms with Gasteiger partial charge in [-0.25, -0.2) is 24.3 Å².